The van der Waals surface area contributed by atoms with E-state index in [9.17, 15) is 0 Å². The van der Waals surface area contributed by atoms with Crippen molar-refractivity contribution in [2.45, 2.75) is 19.3 Å². The lowest BCUT2D eigenvalue weighted by Crippen LogP contribution is -2.18. The summed E-state index contributed by atoms with van der Waals surface area (Å²) in [4.78, 5) is 0. The Bertz CT molecular complexity index is 2550. The molecular weight excluding hydrogens is 607 g/mol. The van der Waals surface area contributed by atoms with E-state index in [1.54, 1.807) is 0 Å². The van der Waals surface area contributed by atoms with Gasteiger partial charge in [0.25, 0.3) is 0 Å². The maximum absolute atomic E-state index is 9.08. The normalized spacial score (nSPS) is 14.8. The summed E-state index contributed by atoms with van der Waals surface area (Å²) in [7, 11) is 0. The minimum atomic E-state index is -0.0473. The molecule has 0 atom stereocenters. The van der Waals surface area contributed by atoms with Crippen molar-refractivity contribution in [1.82, 2.24) is 0 Å². The molecular formula is C47H35N3. The van der Waals surface area contributed by atoms with Gasteiger partial charge in [-0.2, -0.15) is 5.10 Å². The quantitative estimate of drug-likeness (QED) is 0.181. The predicted molar refractivity (Wildman–Crippen MR) is 211 cm³/mol. The third kappa shape index (κ3) is 4.90. The number of benzene rings is 7. The highest BCUT2D eigenvalue weighted by Crippen LogP contribution is 2.50. The van der Waals surface area contributed by atoms with E-state index in [-0.39, 0.29) is 5.41 Å². The van der Waals surface area contributed by atoms with Gasteiger partial charge in [-0.3, -0.25) is 10.8 Å². The second-order valence-electron chi connectivity index (χ2n) is 13.7. The molecule has 0 heterocycles. The number of nitrogens with one attached hydrogen (secondary N) is 2. The first-order valence-corrected chi connectivity index (χ1v) is 17.1. The van der Waals surface area contributed by atoms with Crippen LogP contribution in [0.1, 0.15) is 36.1 Å². The third-order valence-corrected chi connectivity index (χ3v) is 10.4. The van der Waals surface area contributed by atoms with Gasteiger partial charge in [0.05, 0.1) is 11.4 Å². The van der Waals surface area contributed by atoms with Crippen molar-refractivity contribution in [1.29, 1.82) is 5.41 Å². The van der Waals surface area contributed by atoms with Crippen LogP contribution in [0.4, 0.5) is 5.69 Å². The van der Waals surface area contributed by atoms with Gasteiger partial charge in [-0.25, -0.2) is 0 Å². The maximum Gasteiger partial charge on any atom is 0.109 e. The van der Waals surface area contributed by atoms with E-state index in [1.165, 1.54) is 44.5 Å². The second-order valence-corrected chi connectivity index (χ2v) is 13.7. The van der Waals surface area contributed by atoms with Crippen LogP contribution in [0.25, 0.3) is 61.4 Å². The molecule has 0 spiro atoms. The van der Waals surface area contributed by atoms with E-state index in [0.29, 0.717) is 11.4 Å². The van der Waals surface area contributed by atoms with Gasteiger partial charge in [0.15, 0.2) is 0 Å². The molecule has 0 saturated heterocycles. The van der Waals surface area contributed by atoms with E-state index < -0.39 is 0 Å². The van der Waals surface area contributed by atoms with Crippen molar-refractivity contribution in [3.05, 3.63) is 180 Å². The van der Waals surface area contributed by atoms with E-state index in [0.717, 1.165) is 38.7 Å². The number of rotatable bonds is 5. The smallest absolute Gasteiger partial charge is 0.109 e. The Morgan fingerprint density at radius 3 is 2.00 bits per heavy atom. The Hall–Kier alpha value is -6.32. The summed E-state index contributed by atoms with van der Waals surface area (Å²) in [6.45, 7) is 4.68. The first kappa shape index (κ1) is 29.8. The summed E-state index contributed by atoms with van der Waals surface area (Å²) in [5.74, 6) is 0. The number of para-hydroxylation sites is 1. The molecule has 0 unspecified atom stereocenters. The van der Waals surface area contributed by atoms with Crippen molar-refractivity contribution in [3.63, 3.8) is 0 Å². The number of hydrazone groups is 1. The Morgan fingerprint density at radius 2 is 1.18 bits per heavy atom. The topological polar surface area (TPSA) is 48.2 Å². The van der Waals surface area contributed by atoms with Gasteiger partial charge in [-0.1, -0.05) is 141 Å². The summed E-state index contributed by atoms with van der Waals surface area (Å²) in [6.07, 6.45) is 3.96. The molecule has 3 heteroatoms. The van der Waals surface area contributed by atoms with Crippen LogP contribution >= 0.6 is 0 Å². The highest BCUT2D eigenvalue weighted by Gasteiger charge is 2.35. The number of anilines is 1. The first-order valence-electron chi connectivity index (χ1n) is 17.1. The van der Waals surface area contributed by atoms with Gasteiger partial charge >= 0.3 is 0 Å². The zero-order chi connectivity index (χ0) is 33.8. The fourth-order valence-corrected chi connectivity index (χ4v) is 7.78. The number of fused-ring (bicyclic) bond motifs is 6. The fourth-order valence-electron chi connectivity index (χ4n) is 7.78. The Labute approximate surface area is 292 Å². The lowest BCUT2D eigenvalue weighted by molar-refractivity contribution is 0.660. The largest absolute Gasteiger partial charge is 0.298 e. The minimum Gasteiger partial charge on any atom is -0.298 e. The van der Waals surface area contributed by atoms with Gasteiger partial charge in [0, 0.05) is 11.0 Å². The van der Waals surface area contributed by atoms with Crippen molar-refractivity contribution in [2.75, 3.05) is 5.43 Å². The molecule has 0 saturated carbocycles. The molecule has 0 radical (unpaired) electrons. The monoisotopic (exact) mass is 641 g/mol. The Balaban J connectivity index is 1.06. The summed E-state index contributed by atoms with van der Waals surface area (Å²) in [5, 5.41) is 15.8. The standard InChI is InChI=1S/C47H35N3/c1-47(2)42-18-9-8-17-40(42)41-25-22-35(29-43(41)47)38-16-7-6-15-37(38)33-12-10-11-31(27-33)32-21-24-39-34(28-32)20-19-30-23-26-44(46(48)45(30)39)50-49-36-13-4-3-5-14-36/h3-29,48-49H,1-2H3/b48-46?,50-44-. The van der Waals surface area contributed by atoms with Crippen LogP contribution in [0, 0.1) is 5.41 Å². The molecule has 0 amide bonds. The fraction of sp³-hybridized carbons (Fsp3) is 0.0638. The van der Waals surface area contributed by atoms with E-state index in [1.807, 2.05) is 42.5 Å². The van der Waals surface area contributed by atoms with Crippen LogP contribution in [-0.2, 0) is 5.41 Å². The summed E-state index contributed by atoms with van der Waals surface area (Å²) in [6, 6.07) is 54.1. The maximum atomic E-state index is 9.08. The molecule has 238 valence electrons. The molecule has 0 aromatic heterocycles. The van der Waals surface area contributed by atoms with E-state index >= 15 is 0 Å². The molecule has 0 fully saturated rings. The number of nitrogens with zero attached hydrogens (tertiary/aromatic N) is 1. The lowest BCUT2D eigenvalue weighted by atomic mass is 9.81. The molecule has 9 rings (SSSR count). The molecule has 0 bridgehead atoms. The predicted octanol–water partition coefficient (Wildman–Crippen LogP) is 12.0. The van der Waals surface area contributed by atoms with Crippen LogP contribution in [0.5, 0.6) is 0 Å². The molecule has 2 aliphatic carbocycles. The van der Waals surface area contributed by atoms with Gasteiger partial charge < -0.3 is 0 Å². The van der Waals surface area contributed by atoms with Crippen LogP contribution in [0.2, 0.25) is 0 Å². The lowest BCUT2D eigenvalue weighted by Gasteiger charge is -2.22. The number of hydrogen-bond acceptors (Lipinski definition) is 3. The van der Waals surface area contributed by atoms with Crippen molar-refractivity contribution in [2.24, 2.45) is 5.10 Å². The average Bonchev–Trinajstić information content (AvgIpc) is 3.40. The van der Waals surface area contributed by atoms with Gasteiger partial charge in [-0.15, -0.1) is 0 Å². The highest BCUT2D eigenvalue weighted by atomic mass is 15.3. The highest BCUT2D eigenvalue weighted by molar-refractivity contribution is 6.55. The molecule has 3 nitrogen and oxygen atoms in total. The van der Waals surface area contributed by atoms with Crippen LogP contribution in [-0.4, -0.2) is 11.4 Å². The second kappa shape index (κ2) is 11.7. The molecule has 50 heavy (non-hydrogen) atoms. The average molecular weight is 642 g/mol. The van der Waals surface area contributed by atoms with Crippen molar-refractivity contribution < 1.29 is 0 Å². The summed E-state index contributed by atoms with van der Waals surface area (Å²) >= 11 is 0. The van der Waals surface area contributed by atoms with Crippen molar-refractivity contribution >= 4 is 34.0 Å². The summed E-state index contributed by atoms with van der Waals surface area (Å²) < 4.78 is 0. The first-order chi connectivity index (χ1) is 24.5. The molecule has 2 aliphatic rings. The minimum absolute atomic E-state index is 0.0473. The number of hydrogen-bond donors (Lipinski definition) is 2. The van der Waals surface area contributed by atoms with Gasteiger partial charge in [-0.05, 0) is 108 Å². The van der Waals surface area contributed by atoms with Crippen molar-refractivity contribution in [3.8, 4) is 44.5 Å². The SMILES string of the molecule is CC1(C)c2ccccc2-c2ccc(-c3ccccc3-c3cccc(-c4ccc5c6c(ccc5c4)C=C/C(=N/Nc4ccccc4)C6=N)c3)cc21. The molecule has 7 aromatic carbocycles. The third-order valence-electron chi connectivity index (χ3n) is 10.4. The van der Waals surface area contributed by atoms with Gasteiger partial charge in [0.2, 0.25) is 0 Å². The van der Waals surface area contributed by atoms with E-state index in [4.69, 9.17) is 5.41 Å². The molecule has 0 aliphatic heterocycles. The number of allylic oxidation sites excluding steroid dienone is 1. The van der Waals surface area contributed by atoms with Crippen LogP contribution in [0.15, 0.2) is 163 Å². The summed E-state index contributed by atoms with van der Waals surface area (Å²) in [5.41, 5.74) is 19.6. The molecule has 7 aromatic rings. The Kier molecular flexibility index (Phi) is 6.96. The zero-order valence-electron chi connectivity index (χ0n) is 28.0. The Morgan fingerprint density at radius 1 is 0.520 bits per heavy atom. The van der Waals surface area contributed by atoms with Gasteiger partial charge in [0.1, 0.15) is 5.71 Å². The molecule has 2 N–H and O–H groups in total. The zero-order valence-corrected chi connectivity index (χ0v) is 28.0. The van der Waals surface area contributed by atoms with Crippen LogP contribution in [0.3, 0.4) is 0 Å². The van der Waals surface area contributed by atoms with E-state index in [2.05, 4.69) is 146 Å². The van der Waals surface area contributed by atoms with Crippen LogP contribution < -0.4 is 5.43 Å².